The average molecular weight is 392 g/mol. The van der Waals surface area contributed by atoms with Gasteiger partial charge in [0, 0.05) is 37.1 Å². The number of nitro groups is 1. The second kappa shape index (κ2) is 8.60. The number of rotatable bonds is 8. The van der Waals surface area contributed by atoms with E-state index in [4.69, 9.17) is 0 Å². The molecule has 0 atom stereocenters. The van der Waals surface area contributed by atoms with Crippen molar-refractivity contribution in [3.8, 4) is 0 Å². The van der Waals surface area contributed by atoms with E-state index in [9.17, 15) is 23.3 Å². The highest BCUT2D eigenvalue weighted by molar-refractivity contribution is 7.89. The molecular weight excluding hydrogens is 372 g/mol. The zero-order valence-corrected chi connectivity index (χ0v) is 15.7. The standard InChI is InChI=1S/C17H20N4O5S/c1-3-10-19-27(25,26)14-7-4-12(5-8-14)20-17(22)15-11-13(21(23)24)6-9-16(15)18-2/h4-9,11,18-19H,3,10H2,1-2H3,(H,20,22). The Kier molecular flexibility index (Phi) is 6.48. The van der Waals surface area contributed by atoms with Crippen LogP contribution in [0.1, 0.15) is 23.7 Å². The van der Waals surface area contributed by atoms with Gasteiger partial charge in [0.2, 0.25) is 10.0 Å². The number of nitrogens with zero attached hydrogens (tertiary/aromatic N) is 1. The largest absolute Gasteiger partial charge is 0.387 e. The molecule has 0 saturated heterocycles. The number of sulfonamides is 1. The summed E-state index contributed by atoms with van der Waals surface area (Å²) in [7, 11) is -2.00. The van der Waals surface area contributed by atoms with Crippen molar-refractivity contribution in [2.45, 2.75) is 18.2 Å². The predicted molar refractivity (Wildman–Crippen MR) is 103 cm³/mol. The number of benzene rings is 2. The molecule has 3 N–H and O–H groups in total. The van der Waals surface area contributed by atoms with Gasteiger partial charge in [0.15, 0.2) is 0 Å². The lowest BCUT2D eigenvalue weighted by Crippen LogP contribution is -2.24. The molecule has 2 rings (SSSR count). The summed E-state index contributed by atoms with van der Waals surface area (Å²) in [6, 6.07) is 9.58. The van der Waals surface area contributed by atoms with Crippen LogP contribution in [0.25, 0.3) is 0 Å². The molecule has 0 fully saturated rings. The maximum atomic E-state index is 12.5. The monoisotopic (exact) mass is 392 g/mol. The van der Waals surface area contributed by atoms with Gasteiger partial charge in [-0.1, -0.05) is 6.92 Å². The highest BCUT2D eigenvalue weighted by Crippen LogP contribution is 2.23. The van der Waals surface area contributed by atoms with Crippen molar-refractivity contribution in [1.82, 2.24) is 4.72 Å². The van der Waals surface area contributed by atoms with E-state index in [1.165, 1.54) is 42.5 Å². The Balaban J connectivity index is 2.21. The molecule has 2 aromatic rings. The zero-order valence-electron chi connectivity index (χ0n) is 14.9. The molecule has 9 nitrogen and oxygen atoms in total. The first-order valence-electron chi connectivity index (χ1n) is 8.15. The van der Waals surface area contributed by atoms with Gasteiger partial charge in [-0.05, 0) is 36.8 Å². The molecule has 1 amide bonds. The first-order chi connectivity index (χ1) is 12.8. The molecule has 0 aliphatic carbocycles. The summed E-state index contributed by atoms with van der Waals surface area (Å²) in [4.78, 5) is 22.9. The summed E-state index contributed by atoms with van der Waals surface area (Å²) in [6.07, 6.45) is 0.671. The lowest BCUT2D eigenvalue weighted by atomic mass is 10.1. The third-order valence-electron chi connectivity index (χ3n) is 3.69. The molecule has 0 radical (unpaired) electrons. The van der Waals surface area contributed by atoms with Crippen LogP contribution in [0.5, 0.6) is 0 Å². The quantitative estimate of drug-likeness (QED) is 0.467. The summed E-state index contributed by atoms with van der Waals surface area (Å²) in [5, 5.41) is 16.3. The van der Waals surface area contributed by atoms with Crippen LogP contribution in [0.15, 0.2) is 47.4 Å². The van der Waals surface area contributed by atoms with Crippen LogP contribution >= 0.6 is 0 Å². The fourth-order valence-electron chi connectivity index (χ4n) is 2.29. The normalized spacial score (nSPS) is 11.0. The third-order valence-corrected chi connectivity index (χ3v) is 5.17. The average Bonchev–Trinajstić information content (AvgIpc) is 2.66. The maximum absolute atomic E-state index is 12.5. The van der Waals surface area contributed by atoms with Crippen LogP contribution in [0, 0.1) is 10.1 Å². The van der Waals surface area contributed by atoms with E-state index in [2.05, 4.69) is 15.4 Å². The summed E-state index contributed by atoms with van der Waals surface area (Å²) >= 11 is 0. The zero-order chi connectivity index (χ0) is 20.0. The third kappa shape index (κ3) is 5.02. The van der Waals surface area contributed by atoms with Gasteiger partial charge in [-0.25, -0.2) is 13.1 Å². The first-order valence-corrected chi connectivity index (χ1v) is 9.64. The van der Waals surface area contributed by atoms with Gasteiger partial charge in [0.1, 0.15) is 0 Å². The number of nitro benzene ring substituents is 1. The molecule has 10 heteroatoms. The number of hydrogen-bond donors (Lipinski definition) is 3. The Morgan fingerprint density at radius 2 is 1.81 bits per heavy atom. The van der Waals surface area contributed by atoms with Crippen molar-refractivity contribution in [2.75, 3.05) is 24.2 Å². The van der Waals surface area contributed by atoms with Crippen molar-refractivity contribution < 1.29 is 18.1 Å². The van der Waals surface area contributed by atoms with Crippen molar-refractivity contribution >= 4 is 33.0 Å². The molecule has 0 aliphatic heterocycles. The van der Waals surface area contributed by atoms with Gasteiger partial charge >= 0.3 is 0 Å². The van der Waals surface area contributed by atoms with Crippen LogP contribution in [0.3, 0.4) is 0 Å². The number of hydrogen-bond acceptors (Lipinski definition) is 6. The highest BCUT2D eigenvalue weighted by atomic mass is 32.2. The summed E-state index contributed by atoms with van der Waals surface area (Å²) < 4.78 is 26.6. The number of amides is 1. The van der Waals surface area contributed by atoms with E-state index in [0.29, 0.717) is 24.3 Å². The molecule has 144 valence electrons. The molecule has 27 heavy (non-hydrogen) atoms. The van der Waals surface area contributed by atoms with E-state index >= 15 is 0 Å². The molecule has 0 unspecified atom stereocenters. The Bertz CT molecular complexity index is 942. The van der Waals surface area contributed by atoms with Gasteiger partial charge in [0.25, 0.3) is 11.6 Å². The molecule has 0 heterocycles. The summed E-state index contributed by atoms with van der Waals surface area (Å²) in [6.45, 7) is 2.19. The molecule has 0 saturated carbocycles. The van der Waals surface area contributed by atoms with Crippen molar-refractivity contribution in [3.05, 3.63) is 58.1 Å². The molecule has 0 bridgehead atoms. The lowest BCUT2D eigenvalue weighted by Gasteiger charge is -2.11. The minimum Gasteiger partial charge on any atom is -0.387 e. The summed E-state index contributed by atoms with van der Waals surface area (Å²) in [5.74, 6) is -0.553. The number of non-ortho nitro benzene ring substituents is 1. The fourth-order valence-corrected chi connectivity index (χ4v) is 3.42. The fraction of sp³-hybridized carbons (Fsp3) is 0.235. The molecule has 0 aliphatic rings. The van der Waals surface area contributed by atoms with E-state index in [1.54, 1.807) is 7.05 Å². The predicted octanol–water partition coefficient (Wildman–Crippen LogP) is 2.58. The number of carbonyl (C=O) groups is 1. The van der Waals surface area contributed by atoms with Crippen molar-refractivity contribution in [2.24, 2.45) is 0 Å². The minimum absolute atomic E-state index is 0.0835. The van der Waals surface area contributed by atoms with Gasteiger partial charge in [-0.3, -0.25) is 14.9 Å². The Morgan fingerprint density at radius 3 is 2.37 bits per heavy atom. The smallest absolute Gasteiger partial charge is 0.270 e. The van der Waals surface area contributed by atoms with Crippen LogP contribution in [0.2, 0.25) is 0 Å². The van der Waals surface area contributed by atoms with E-state index in [1.807, 2.05) is 6.92 Å². The molecule has 0 spiro atoms. The Morgan fingerprint density at radius 1 is 1.15 bits per heavy atom. The van der Waals surface area contributed by atoms with Crippen LogP contribution < -0.4 is 15.4 Å². The molecule has 0 aromatic heterocycles. The lowest BCUT2D eigenvalue weighted by molar-refractivity contribution is -0.384. The number of nitrogens with one attached hydrogen (secondary N) is 3. The number of anilines is 2. The minimum atomic E-state index is -3.59. The van der Waals surface area contributed by atoms with Gasteiger partial charge in [-0.2, -0.15) is 0 Å². The number of carbonyl (C=O) groups excluding carboxylic acids is 1. The second-order valence-corrected chi connectivity index (χ2v) is 7.38. The molecular formula is C17H20N4O5S. The van der Waals surface area contributed by atoms with Crippen molar-refractivity contribution in [1.29, 1.82) is 0 Å². The van der Waals surface area contributed by atoms with Gasteiger partial charge in [0.05, 0.1) is 15.4 Å². The summed E-state index contributed by atoms with van der Waals surface area (Å²) in [5.41, 5.74) is 0.694. The Labute approximate surface area is 157 Å². The van der Waals surface area contributed by atoms with Crippen LogP contribution in [-0.2, 0) is 10.0 Å². The second-order valence-electron chi connectivity index (χ2n) is 5.61. The van der Waals surface area contributed by atoms with Crippen molar-refractivity contribution in [3.63, 3.8) is 0 Å². The van der Waals surface area contributed by atoms with Crippen LogP contribution in [-0.4, -0.2) is 32.8 Å². The topological polar surface area (TPSA) is 130 Å². The van der Waals surface area contributed by atoms with E-state index in [-0.39, 0.29) is 16.1 Å². The van der Waals surface area contributed by atoms with Crippen LogP contribution in [0.4, 0.5) is 17.1 Å². The SMILES string of the molecule is CCCNS(=O)(=O)c1ccc(NC(=O)c2cc([N+](=O)[O-])ccc2NC)cc1. The Hall–Kier alpha value is -2.98. The first kappa shape index (κ1) is 20.3. The van der Waals surface area contributed by atoms with Gasteiger partial charge < -0.3 is 10.6 Å². The van der Waals surface area contributed by atoms with Gasteiger partial charge in [-0.15, -0.1) is 0 Å². The van der Waals surface area contributed by atoms with E-state index in [0.717, 1.165) is 0 Å². The molecule has 2 aromatic carbocycles. The van der Waals surface area contributed by atoms with E-state index < -0.39 is 20.9 Å². The maximum Gasteiger partial charge on any atom is 0.270 e. The highest BCUT2D eigenvalue weighted by Gasteiger charge is 2.17.